The SMILES string of the molecule is COc1cc(C2C3=C(c4ccccc4)NN(C)C3=CN2c2ccccc2)ccc1O. The summed E-state index contributed by atoms with van der Waals surface area (Å²) in [4.78, 5) is 2.27. The van der Waals surface area contributed by atoms with Crippen molar-refractivity contribution in [1.29, 1.82) is 0 Å². The van der Waals surface area contributed by atoms with Gasteiger partial charge in [0.25, 0.3) is 0 Å². The van der Waals surface area contributed by atoms with Crippen molar-refractivity contribution in [2.75, 3.05) is 19.1 Å². The van der Waals surface area contributed by atoms with E-state index in [4.69, 9.17) is 4.74 Å². The first-order valence-electron chi connectivity index (χ1n) is 9.90. The van der Waals surface area contributed by atoms with Gasteiger partial charge >= 0.3 is 0 Å². The largest absolute Gasteiger partial charge is 0.504 e. The minimum atomic E-state index is -0.0652. The molecule has 1 atom stereocenters. The van der Waals surface area contributed by atoms with Crippen LogP contribution in [0, 0.1) is 0 Å². The highest BCUT2D eigenvalue weighted by molar-refractivity contribution is 5.80. The van der Waals surface area contributed by atoms with Crippen LogP contribution in [-0.4, -0.2) is 24.3 Å². The van der Waals surface area contributed by atoms with Gasteiger partial charge in [0.1, 0.15) is 0 Å². The maximum atomic E-state index is 10.1. The summed E-state index contributed by atoms with van der Waals surface area (Å²) in [6, 6.07) is 26.2. The van der Waals surface area contributed by atoms with E-state index in [0.717, 1.165) is 28.2 Å². The number of aromatic hydroxyl groups is 1. The van der Waals surface area contributed by atoms with Crippen molar-refractivity contribution in [1.82, 2.24) is 10.4 Å². The zero-order valence-electron chi connectivity index (χ0n) is 16.9. The predicted octanol–water partition coefficient (Wildman–Crippen LogP) is 4.66. The molecule has 5 heteroatoms. The number of nitrogens with zero attached hydrogens (tertiary/aromatic N) is 2. The van der Waals surface area contributed by atoms with Crippen LogP contribution >= 0.6 is 0 Å². The maximum Gasteiger partial charge on any atom is 0.160 e. The lowest BCUT2D eigenvalue weighted by atomic mass is 9.94. The first kappa shape index (κ1) is 18.2. The minimum Gasteiger partial charge on any atom is -0.504 e. The number of nitrogens with one attached hydrogen (secondary N) is 1. The molecule has 150 valence electrons. The number of fused-ring (bicyclic) bond motifs is 1. The summed E-state index contributed by atoms with van der Waals surface area (Å²) in [7, 11) is 3.61. The van der Waals surface area contributed by atoms with Crippen LogP contribution in [0.25, 0.3) is 5.70 Å². The number of hydrogen-bond acceptors (Lipinski definition) is 5. The Balaban J connectivity index is 1.72. The Morgan fingerprint density at radius 3 is 2.33 bits per heavy atom. The normalized spacial score (nSPS) is 17.7. The second kappa shape index (κ2) is 7.19. The number of para-hydroxylation sites is 1. The van der Waals surface area contributed by atoms with E-state index in [2.05, 4.69) is 57.9 Å². The van der Waals surface area contributed by atoms with Crippen LogP contribution in [-0.2, 0) is 0 Å². The quantitative estimate of drug-likeness (QED) is 0.670. The van der Waals surface area contributed by atoms with Gasteiger partial charge in [0.05, 0.1) is 24.5 Å². The summed E-state index contributed by atoms with van der Waals surface area (Å²) in [6.45, 7) is 0. The van der Waals surface area contributed by atoms with Gasteiger partial charge in [-0.05, 0) is 35.4 Å². The molecule has 3 aromatic rings. The number of rotatable bonds is 4. The maximum absolute atomic E-state index is 10.1. The van der Waals surface area contributed by atoms with E-state index in [0.29, 0.717) is 5.75 Å². The number of phenols is 1. The van der Waals surface area contributed by atoms with Crippen LogP contribution in [0.2, 0.25) is 0 Å². The molecule has 5 rings (SSSR count). The predicted molar refractivity (Wildman–Crippen MR) is 119 cm³/mol. The Bertz CT molecular complexity index is 1140. The second-order valence-electron chi connectivity index (χ2n) is 7.42. The molecule has 2 aliphatic heterocycles. The zero-order valence-corrected chi connectivity index (χ0v) is 16.9. The van der Waals surface area contributed by atoms with Crippen molar-refractivity contribution < 1.29 is 9.84 Å². The molecule has 0 bridgehead atoms. The number of benzene rings is 3. The summed E-state index contributed by atoms with van der Waals surface area (Å²) < 4.78 is 5.40. The zero-order chi connectivity index (χ0) is 20.7. The fourth-order valence-corrected chi connectivity index (χ4v) is 4.22. The van der Waals surface area contributed by atoms with Crippen LogP contribution in [0.1, 0.15) is 17.2 Å². The highest BCUT2D eigenvalue weighted by Crippen LogP contribution is 2.49. The molecule has 3 aromatic carbocycles. The van der Waals surface area contributed by atoms with Crippen LogP contribution in [0.5, 0.6) is 11.5 Å². The first-order chi connectivity index (χ1) is 14.7. The van der Waals surface area contributed by atoms with Crippen LogP contribution in [0.4, 0.5) is 5.69 Å². The van der Waals surface area contributed by atoms with Crippen molar-refractivity contribution in [2.24, 2.45) is 0 Å². The van der Waals surface area contributed by atoms with Gasteiger partial charge < -0.3 is 14.7 Å². The summed E-state index contributed by atoms with van der Waals surface area (Å²) in [5.74, 6) is 0.604. The van der Waals surface area contributed by atoms with Gasteiger partial charge in [-0.15, -0.1) is 0 Å². The smallest absolute Gasteiger partial charge is 0.160 e. The molecule has 2 aliphatic rings. The molecule has 0 saturated carbocycles. The topological polar surface area (TPSA) is 48.0 Å². The van der Waals surface area contributed by atoms with Gasteiger partial charge in [-0.25, -0.2) is 0 Å². The Kier molecular flexibility index (Phi) is 4.36. The summed E-state index contributed by atoms with van der Waals surface area (Å²) in [6.07, 6.45) is 2.18. The third kappa shape index (κ3) is 2.87. The highest BCUT2D eigenvalue weighted by atomic mass is 16.5. The van der Waals surface area contributed by atoms with E-state index in [9.17, 15) is 5.11 Å². The standard InChI is InChI=1S/C25H23N3O2/c1-27-20-16-28(19-11-7-4-8-12-19)25(18-13-14-21(29)22(15-18)30-2)23(20)24(26-27)17-9-5-3-6-10-17/h3-16,25-26,29H,1-2H3. The average molecular weight is 397 g/mol. The molecule has 2 N–H and O–H groups in total. The number of ether oxygens (including phenoxy) is 1. The monoisotopic (exact) mass is 397 g/mol. The van der Waals surface area contributed by atoms with E-state index in [-0.39, 0.29) is 11.8 Å². The number of hydrogen-bond donors (Lipinski definition) is 2. The van der Waals surface area contributed by atoms with E-state index in [1.807, 2.05) is 43.4 Å². The fraction of sp³-hybridized carbons (Fsp3) is 0.120. The van der Waals surface area contributed by atoms with Crippen molar-refractivity contribution in [3.8, 4) is 11.5 Å². The lowest BCUT2D eigenvalue weighted by Crippen LogP contribution is -2.27. The summed E-state index contributed by atoms with van der Waals surface area (Å²) in [5.41, 5.74) is 10.2. The van der Waals surface area contributed by atoms with Crippen LogP contribution in [0.15, 0.2) is 96.3 Å². The van der Waals surface area contributed by atoms with Crippen molar-refractivity contribution in [3.05, 3.63) is 107 Å². The van der Waals surface area contributed by atoms with Crippen LogP contribution < -0.4 is 15.1 Å². The fourth-order valence-electron chi connectivity index (χ4n) is 4.22. The van der Waals surface area contributed by atoms with Crippen molar-refractivity contribution in [3.63, 3.8) is 0 Å². The lowest BCUT2D eigenvalue weighted by molar-refractivity contribution is 0.372. The van der Waals surface area contributed by atoms with Gasteiger partial charge in [0.15, 0.2) is 11.5 Å². The van der Waals surface area contributed by atoms with Gasteiger partial charge in [0, 0.05) is 24.5 Å². The molecule has 0 fully saturated rings. The van der Waals surface area contributed by atoms with E-state index in [1.54, 1.807) is 13.2 Å². The van der Waals surface area contributed by atoms with Gasteiger partial charge in [-0.2, -0.15) is 0 Å². The minimum absolute atomic E-state index is 0.0652. The first-order valence-corrected chi connectivity index (χ1v) is 9.90. The number of likely N-dealkylation sites (N-methyl/N-ethyl adjacent to an activating group) is 1. The van der Waals surface area contributed by atoms with Gasteiger partial charge in [0.2, 0.25) is 0 Å². The molecule has 0 radical (unpaired) electrons. The molecule has 0 aliphatic carbocycles. The molecule has 30 heavy (non-hydrogen) atoms. The molecule has 0 aromatic heterocycles. The molecule has 2 heterocycles. The van der Waals surface area contributed by atoms with Gasteiger partial charge in [-0.3, -0.25) is 10.4 Å². The van der Waals surface area contributed by atoms with E-state index >= 15 is 0 Å². The molecular formula is C25H23N3O2. The Morgan fingerprint density at radius 2 is 1.63 bits per heavy atom. The molecule has 0 spiro atoms. The third-order valence-electron chi connectivity index (χ3n) is 5.64. The summed E-state index contributed by atoms with van der Waals surface area (Å²) in [5, 5.41) is 12.2. The number of methoxy groups -OCH3 is 1. The second-order valence-corrected chi connectivity index (χ2v) is 7.42. The third-order valence-corrected chi connectivity index (χ3v) is 5.64. The molecule has 5 nitrogen and oxygen atoms in total. The van der Waals surface area contributed by atoms with E-state index < -0.39 is 0 Å². The van der Waals surface area contributed by atoms with Crippen molar-refractivity contribution >= 4 is 11.4 Å². The molecule has 0 amide bonds. The highest BCUT2D eigenvalue weighted by Gasteiger charge is 2.40. The number of phenolic OH excluding ortho intramolecular Hbond substituents is 1. The Morgan fingerprint density at radius 1 is 0.933 bits per heavy atom. The lowest BCUT2D eigenvalue weighted by Gasteiger charge is -2.28. The van der Waals surface area contributed by atoms with E-state index in [1.165, 1.54) is 5.57 Å². The number of anilines is 1. The molecular weight excluding hydrogens is 374 g/mol. The van der Waals surface area contributed by atoms with Crippen LogP contribution in [0.3, 0.4) is 0 Å². The molecule has 1 unspecified atom stereocenters. The molecule has 0 saturated heterocycles. The Hall–Kier alpha value is -3.86. The van der Waals surface area contributed by atoms with Gasteiger partial charge in [-0.1, -0.05) is 54.6 Å². The summed E-state index contributed by atoms with van der Waals surface area (Å²) >= 11 is 0. The Labute approximate surface area is 176 Å². The van der Waals surface area contributed by atoms with Crippen molar-refractivity contribution in [2.45, 2.75) is 6.04 Å². The number of hydrazine groups is 1. The average Bonchev–Trinajstić information content (AvgIpc) is 3.33.